The molecule has 0 saturated carbocycles. The molecule has 0 unspecified atom stereocenters. The van der Waals surface area contributed by atoms with E-state index in [-0.39, 0.29) is 10.5 Å². The molecule has 0 atom stereocenters. The van der Waals surface area contributed by atoms with Crippen LogP contribution in [0.1, 0.15) is 21.5 Å². The van der Waals surface area contributed by atoms with Crippen LogP contribution < -0.4 is 10.9 Å². The first-order chi connectivity index (χ1) is 17.3. The molecule has 180 valence electrons. The Morgan fingerprint density at radius 1 is 0.889 bits per heavy atom. The number of hydrogen-bond acceptors (Lipinski definition) is 5. The van der Waals surface area contributed by atoms with E-state index in [9.17, 15) is 18.0 Å². The lowest BCUT2D eigenvalue weighted by atomic mass is 10.1. The molecule has 0 saturated heterocycles. The predicted octanol–water partition coefficient (Wildman–Crippen LogP) is 3.80. The highest BCUT2D eigenvalue weighted by atomic mass is 32.2. The first-order valence-corrected chi connectivity index (χ1v) is 12.6. The summed E-state index contributed by atoms with van der Waals surface area (Å²) in [5, 5.41) is 5.10. The lowest BCUT2D eigenvalue weighted by Crippen LogP contribution is -2.26. The lowest BCUT2D eigenvalue weighted by Gasteiger charge is -2.07. The maximum absolute atomic E-state index is 13.3. The van der Waals surface area contributed by atoms with Crippen molar-refractivity contribution < 1.29 is 13.2 Å². The molecule has 0 radical (unpaired) electrons. The summed E-state index contributed by atoms with van der Waals surface area (Å²) in [6.07, 6.45) is 4.30. The van der Waals surface area contributed by atoms with Crippen molar-refractivity contribution in [2.45, 2.75) is 11.8 Å². The fraction of sp³-hybridized carbons (Fsp3) is 0.0741. The minimum absolute atomic E-state index is 0.0438. The third-order valence-corrected chi connectivity index (χ3v) is 7.68. The van der Waals surface area contributed by atoms with Gasteiger partial charge in [-0.3, -0.25) is 9.59 Å². The van der Waals surface area contributed by atoms with Crippen molar-refractivity contribution in [1.82, 2.24) is 14.0 Å². The molecule has 0 aliphatic carbocycles. The summed E-state index contributed by atoms with van der Waals surface area (Å²) in [4.78, 5) is 25.7. The van der Waals surface area contributed by atoms with Crippen molar-refractivity contribution in [3.05, 3.63) is 112 Å². The van der Waals surface area contributed by atoms with Gasteiger partial charge < -0.3 is 4.57 Å². The van der Waals surface area contributed by atoms with Gasteiger partial charge in [0, 0.05) is 35.8 Å². The SMILES string of the molecule is Cc1ccc(S(=O)(=O)n2cc(C=NNC(=O)c3cn(C)c4ccccc4c3=O)c3ccccc32)cc1. The second kappa shape index (κ2) is 8.94. The number of amides is 1. The van der Waals surface area contributed by atoms with Gasteiger partial charge in [0.15, 0.2) is 0 Å². The number of carbonyl (C=O) groups excluding carboxylic acids is 1. The monoisotopic (exact) mass is 498 g/mol. The number of hydrazone groups is 1. The van der Waals surface area contributed by atoms with Gasteiger partial charge >= 0.3 is 0 Å². The normalized spacial score (nSPS) is 11.9. The Morgan fingerprint density at radius 3 is 2.25 bits per heavy atom. The van der Waals surface area contributed by atoms with Crippen LogP contribution >= 0.6 is 0 Å². The minimum atomic E-state index is -3.85. The summed E-state index contributed by atoms with van der Waals surface area (Å²) in [5.41, 5.74) is 4.60. The summed E-state index contributed by atoms with van der Waals surface area (Å²) < 4.78 is 29.6. The van der Waals surface area contributed by atoms with Crippen LogP contribution in [0.15, 0.2) is 100.0 Å². The van der Waals surface area contributed by atoms with E-state index in [2.05, 4.69) is 10.5 Å². The molecule has 3 aromatic carbocycles. The lowest BCUT2D eigenvalue weighted by molar-refractivity contribution is 0.0953. The number of rotatable bonds is 5. The van der Waals surface area contributed by atoms with Gasteiger partial charge in [0.25, 0.3) is 15.9 Å². The molecule has 0 aliphatic heterocycles. The van der Waals surface area contributed by atoms with E-state index < -0.39 is 21.4 Å². The number of aromatic nitrogens is 2. The fourth-order valence-corrected chi connectivity index (χ4v) is 5.50. The van der Waals surface area contributed by atoms with E-state index in [0.717, 1.165) is 5.56 Å². The summed E-state index contributed by atoms with van der Waals surface area (Å²) in [6.45, 7) is 1.89. The van der Waals surface area contributed by atoms with Gasteiger partial charge in [-0.15, -0.1) is 0 Å². The summed E-state index contributed by atoms with van der Waals surface area (Å²) in [7, 11) is -2.10. The van der Waals surface area contributed by atoms with Crippen LogP contribution in [0.5, 0.6) is 0 Å². The Balaban J connectivity index is 1.48. The van der Waals surface area contributed by atoms with Crippen molar-refractivity contribution in [3.8, 4) is 0 Å². The molecule has 1 amide bonds. The van der Waals surface area contributed by atoms with Crippen LogP contribution in [0.25, 0.3) is 21.8 Å². The van der Waals surface area contributed by atoms with Crippen molar-refractivity contribution in [1.29, 1.82) is 0 Å². The highest BCUT2D eigenvalue weighted by Crippen LogP contribution is 2.25. The van der Waals surface area contributed by atoms with Crippen molar-refractivity contribution in [2.75, 3.05) is 0 Å². The Morgan fingerprint density at radius 2 is 1.53 bits per heavy atom. The molecule has 5 rings (SSSR count). The zero-order valence-electron chi connectivity index (χ0n) is 19.5. The average molecular weight is 499 g/mol. The molecule has 9 heteroatoms. The van der Waals surface area contributed by atoms with E-state index >= 15 is 0 Å². The smallest absolute Gasteiger partial charge is 0.276 e. The summed E-state index contributed by atoms with van der Waals surface area (Å²) >= 11 is 0. The maximum Gasteiger partial charge on any atom is 0.276 e. The largest absolute Gasteiger partial charge is 0.350 e. The molecule has 8 nitrogen and oxygen atoms in total. The van der Waals surface area contributed by atoms with Crippen LogP contribution in [-0.2, 0) is 17.1 Å². The number of pyridine rings is 1. The zero-order valence-corrected chi connectivity index (χ0v) is 20.4. The van der Waals surface area contributed by atoms with Gasteiger partial charge in [-0.05, 0) is 37.3 Å². The van der Waals surface area contributed by atoms with Gasteiger partial charge in [0.05, 0.1) is 22.1 Å². The van der Waals surface area contributed by atoms with Gasteiger partial charge in [0.2, 0.25) is 5.43 Å². The molecule has 0 bridgehead atoms. The van der Waals surface area contributed by atoms with E-state index in [1.54, 1.807) is 78.3 Å². The first-order valence-electron chi connectivity index (χ1n) is 11.1. The number of fused-ring (bicyclic) bond motifs is 2. The maximum atomic E-state index is 13.3. The first kappa shape index (κ1) is 23.3. The van der Waals surface area contributed by atoms with E-state index in [1.165, 1.54) is 22.6 Å². The van der Waals surface area contributed by atoms with Gasteiger partial charge in [0.1, 0.15) is 5.56 Å². The van der Waals surface area contributed by atoms with Crippen LogP contribution in [0, 0.1) is 6.92 Å². The van der Waals surface area contributed by atoms with E-state index in [0.29, 0.717) is 27.4 Å². The number of aryl methyl sites for hydroxylation is 2. The number of benzene rings is 3. The quantitative estimate of drug-likeness (QED) is 0.294. The second-order valence-electron chi connectivity index (χ2n) is 8.41. The molecular formula is C27H22N4O4S. The van der Waals surface area contributed by atoms with Crippen molar-refractivity contribution in [3.63, 3.8) is 0 Å². The Bertz CT molecular complexity index is 1830. The molecular weight excluding hydrogens is 476 g/mol. The average Bonchev–Trinajstić information content (AvgIpc) is 3.26. The Kier molecular flexibility index (Phi) is 5.77. The topological polar surface area (TPSA) is 103 Å². The number of nitrogens with zero attached hydrogens (tertiary/aromatic N) is 3. The van der Waals surface area contributed by atoms with Crippen molar-refractivity contribution in [2.24, 2.45) is 12.1 Å². The molecule has 0 spiro atoms. The van der Waals surface area contributed by atoms with Gasteiger partial charge in [-0.2, -0.15) is 5.10 Å². The number of hydrogen-bond donors (Lipinski definition) is 1. The van der Waals surface area contributed by atoms with Crippen LogP contribution in [0.2, 0.25) is 0 Å². The van der Waals surface area contributed by atoms with Crippen LogP contribution in [0.4, 0.5) is 0 Å². The van der Waals surface area contributed by atoms with Gasteiger partial charge in [-0.25, -0.2) is 17.8 Å². The molecule has 2 aromatic heterocycles. The third-order valence-electron chi connectivity index (χ3n) is 6.00. The minimum Gasteiger partial charge on any atom is -0.350 e. The second-order valence-corrected chi connectivity index (χ2v) is 10.2. The predicted molar refractivity (Wildman–Crippen MR) is 140 cm³/mol. The Hall–Kier alpha value is -4.50. The molecule has 0 fully saturated rings. The van der Waals surface area contributed by atoms with E-state index in [4.69, 9.17) is 0 Å². The van der Waals surface area contributed by atoms with Crippen LogP contribution in [-0.4, -0.2) is 29.1 Å². The van der Waals surface area contributed by atoms with Crippen molar-refractivity contribution >= 4 is 44.0 Å². The zero-order chi connectivity index (χ0) is 25.4. The number of nitrogens with one attached hydrogen (secondary N) is 1. The molecule has 5 aromatic rings. The fourth-order valence-electron chi connectivity index (χ4n) is 4.12. The van der Waals surface area contributed by atoms with Crippen LogP contribution in [0.3, 0.4) is 0 Å². The van der Waals surface area contributed by atoms with E-state index in [1.807, 2.05) is 13.0 Å². The standard InChI is InChI=1S/C27H22N4O4S/c1-18-11-13-20(14-12-18)36(34,35)31-16-19(21-7-3-6-10-25(21)31)15-28-29-27(33)23-17-30(2)24-9-5-4-8-22(24)26(23)32/h3-17H,1-2H3,(H,29,33). The molecule has 2 heterocycles. The summed E-state index contributed by atoms with van der Waals surface area (Å²) in [5.74, 6) is -0.659. The number of para-hydroxylation sites is 2. The van der Waals surface area contributed by atoms with Gasteiger partial charge in [-0.1, -0.05) is 48.0 Å². The molecule has 36 heavy (non-hydrogen) atoms. The third kappa shape index (κ3) is 3.99. The number of carbonyl (C=O) groups is 1. The Labute approximate surface area is 207 Å². The highest BCUT2D eigenvalue weighted by molar-refractivity contribution is 7.90. The molecule has 1 N–H and O–H groups in total. The molecule has 0 aliphatic rings. The summed E-state index contributed by atoms with van der Waals surface area (Å²) in [6, 6.07) is 20.7. The highest BCUT2D eigenvalue weighted by Gasteiger charge is 2.21.